The summed E-state index contributed by atoms with van der Waals surface area (Å²) in [5.41, 5.74) is -9.41. The first-order valence-electron chi connectivity index (χ1n) is 17.7. The summed E-state index contributed by atoms with van der Waals surface area (Å²) in [6.07, 6.45) is -19.7. The van der Waals surface area contributed by atoms with Crippen molar-refractivity contribution >= 4 is 17.8 Å². The molecule has 0 unspecified atom stereocenters. The van der Waals surface area contributed by atoms with Crippen molar-refractivity contribution in [1.82, 2.24) is 10.6 Å². The first-order chi connectivity index (χ1) is 27.9. The van der Waals surface area contributed by atoms with E-state index in [1.807, 2.05) is 0 Å². The van der Waals surface area contributed by atoms with Crippen LogP contribution in [0.4, 0.5) is 57.1 Å². The molecule has 4 aromatic carbocycles. The van der Waals surface area contributed by atoms with E-state index in [9.17, 15) is 72.2 Å². The third-order valence-corrected chi connectivity index (χ3v) is 9.93. The predicted molar refractivity (Wildman–Crippen MR) is 185 cm³/mol. The van der Waals surface area contributed by atoms with E-state index in [0.717, 1.165) is 0 Å². The molecule has 0 aromatic heterocycles. The molecule has 1 aliphatic rings. The monoisotopic (exact) mass is 866 g/mol. The van der Waals surface area contributed by atoms with Crippen LogP contribution in [0.2, 0.25) is 0 Å². The number of alkyl halides is 10. The lowest BCUT2D eigenvalue weighted by Gasteiger charge is -2.37. The van der Waals surface area contributed by atoms with Gasteiger partial charge < -0.3 is 20.5 Å². The number of halogens is 13. The van der Waals surface area contributed by atoms with Gasteiger partial charge in [0.2, 0.25) is 0 Å². The number of carboxylic acids is 1. The SMILES string of the molecule is O=C(NC[C@H]1CC[C@H](C(=O)O)CC1)c1ccc(C[C@](NC(=O)c2ccc(F)c(C(F)(F)F)c2)(c2cc(F)cc(OC(F)(F)C(F)F)c2)c2ccc(F)c(C(F)(F)F)c2)cc1. The fourth-order valence-corrected chi connectivity index (χ4v) is 6.82. The minimum atomic E-state index is -5.46. The molecule has 4 aromatic rings. The lowest BCUT2D eigenvalue weighted by Crippen LogP contribution is -2.49. The molecule has 0 aliphatic heterocycles. The fraction of sp³-hybridized carbons (Fsp3) is 0.325. The van der Waals surface area contributed by atoms with Gasteiger partial charge in [-0.05, 0) is 103 Å². The van der Waals surface area contributed by atoms with Crippen molar-refractivity contribution in [1.29, 1.82) is 0 Å². The summed E-state index contributed by atoms with van der Waals surface area (Å²) in [7, 11) is 0. The van der Waals surface area contributed by atoms with Crippen LogP contribution in [0.15, 0.2) is 78.9 Å². The van der Waals surface area contributed by atoms with Crippen LogP contribution < -0.4 is 15.4 Å². The Bertz CT molecular complexity index is 2220. The standard InChI is InChI=1S/C40H31F13N2O5/c41-27-14-26(15-28(17-27)60-40(52,53)36(44)45)37(25-10-12-32(43)30(16-25)39(49,50)51,55-34(57)24-9-11-31(42)29(13-24)38(46,47)48)18-20-1-5-22(6-2-20)33(56)54-19-21-3-7-23(8-4-21)35(58)59/h1-2,5-6,9-17,21,23,36H,3-4,7-8,18-19H2,(H,54,56)(H,55,57)(H,58,59)/t21-,23-,37-/m1/s1. The number of nitrogens with one attached hydrogen (secondary N) is 2. The highest BCUT2D eigenvalue weighted by atomic mass is 19.4. The molecule has 0 spiro atoms. The Morgan fingerprint density at radius 2 is 1.25 bits per heavy atom. The second-order valence-electron chi connectivity index (χ2n) is 14.0. The number of rotatable bonds is 13. The number of hydrogen-bond acceptors (Lipinski definition) is 4. The molecular weight excluding hydrogens is 835 g/mol. The molecule has 0 bridgehead atoms. The quantitative estimate of drug-likeness (QED) is 0.116. The largest absolute Gasteiger partial charge is 0.481 e. The normalized spacial score (nSPS) is 17.2. The number of carbonyl (C=O) groups excluding carboxylic acids is 2. The summed E-state index contributed by atoms with van der Waals surface area (Å²) in [6, 6.07) is 7.68. The lowest BCUT2D eigenvalue weighted by atomic mass is 9.76. The number of ether oxygens (including phenoxy) is 1. The molecule has 5 rings (SSSR count). The highest BCUT2D eigenvalue weighted by Crippen LogP contribution is 2.42. The van der Waals surface area contributed by atoms with Gasteiger partial charge in [0.05, 0.1) is 22.6 Å². The third-order valence-electron chi connectivity index (χ3n) is 9.93. The smallest absolute Gasteiger partial charge is 0.461 e. The van der Waals surface area contributed by atoms with Gasteiger partial charge in [-0.1, -0.05) is 18.2 Å². The topological polar surface area (TPSA) is 105 Å². The summed E-state index contributed by atoms with van der Waals surface area (Å²) in [6.45, 7) is 0.169. The van der Waals surface area contributed by atoms with E-state index in [2.05, 4.69) is 15.4 Å². The van der Waals surface area contributed by atoms with Crippen LogP contribution in [0.25, 0.3) is 0 Å². The van der Waals surface area contributed by atoms with Crippen LogP contribution in [0.5, 0.6) is 5.75 Å². The Morgan fingerprint density at radius 1 is 0.683 bits per heavy atom. The molecule has 1 atom stereocenters. The second kappa shape index (κ2) is 17.4. The molecule has 0 saturated heterocycles. The zero-order chi connectivity index (χ0) is 44.4. The molecule has 20 heteroatoms. The maximum absolute atomic E-state index is 15.3. The minimum absolute atomic E-state index is 0.00425. The summed E-state index contributed by atoms with van der Waals surface area (Å²) < 4.78 is 186. The maximum Gasteiger partial charge on any atom is 0.461 e. The van der Waals surface area contributed by atoms with Crippen molar-refractivity contribution in [3.8, 4) is 5.75 Å². The Kier molecular flexibility index (Phi) is 13.1. The van der Waals surface area contributed by atoms with Crippen LogP contribution in [0, 0.1) is 29.3 Å². The summed E-state index contributed by atoms with van der Waals surface area (Å²) in [5.74, 6) is -10.3. The summed E-state index contributed by atoms with van der Waals surface area (Å²) in [5, 5.41) is 14.1. The number of carboxylic acid groups (broad SMARTS) is 1. The van der Waals surface area contributed by atoms with E-state index in [4.69, 9.17) is 0 Å². The molecular formula is C40H31F13N2O5. The van der Waals surface area contributed by atoms with Gasteiger partial charge in [0.1, 0.15) is 23.2 Å². The van der Waals surface area contributed by atoms with Crippen molar-refractivity contribution in [3.63, 3.8) is 0 Å². The van der Waals surface area contributed by atoms with Crippen molar-refractivity contribution in [2.45, 2.75) is 62.5 Å². The first-order valence-corrected chi connectivity index (χ1v) is 17.7. The number of carbonyl (C=O) groups is 3. The molecule has 0 radical (unpaired) electrons. The van der Waals surface area contributed by atoms with Gasteiger partial charge in [-0.3, -0.25) is 14.4 Å². The van der Waals surface area contributed by atoms with Crippen LogP contribution >= 0.6 is 0 Å². The zero-order valence-electron chi connectivity index (χ0n) is 30.5. The first kappa shape index (κ1) is 45.3. The van der Waals surface area contributed by atoms with Crippen LogP contribution in [-0.4, -0.2) is 42.0 Å². The molecule has 3 N–H and O–H groups in total. The fourth-order valence-electron chi connectivity index (χ4n) is 6.82. The molecule has 1 aliphatic carbocycles. The average molecular weight is 867 g/mol. The van der Waals surface area contributed by atoms with Crippen molar-refractivity contribution < 1.29 is 81.3 Å². The minimum Gasteiger partial charge on any atom is -0.481 e. The zero-order valence-corrected chi connectivity index (χ0v) is 30.5. The highest BCUT2D eigenvalue weighted by Gasteiger charge is 2.46. The molecule has 322 valence electrons. The third kappa shape index (κ3) is 10.5. The van der Waals surface area contributed by atoms with Gasteiger partial charge in [-0.15, -0.1) is 0 Å². The van der Waals surface area contributed by atoms with E-state index in [1.165, 1.54) is 24.3 Å². The summed E-state index contributed by atoms with van der Waals surface area (Å²) >= 11 is 0. The van der Waals surface area contributed by atoms with Gasteiger partial charge in [-0.25, -0.2) is 13.2 Å². The van der Waals surface area contributed by atoms with Gasteiger partial charge in [-0.2, -0.15) is 43.9 Å². The van der Waals surface area contributed by atoms with Crippen molar-refractivity contribution in [2.75, 3.05) is 6.54 Å². The average Bonchev–Trinajstić information content (AvgIpc) is 3.16. The van der Waals surface area contributed by atoms with Crippen LogP contribution in [0.1, 0.15) is 74.2 Å². The number of hydrogen-bond donors (Lipinski definition) is 3. The Labute approximate surface area is 331 Å². The van der Waals surface area contributed by atoms with Crippen LogP contribution in [0.3, 0.4) is 0 Å². The molecule has 1 fully saturated rings. The highest BCUT2D eigenvalue weighted by molar-refractivity contribution is 5.96. The summed E-state index contributed by atoms with van der Waals surface area (Å²) in [4.78, 5) is 38.2. The molecule has 60 heavy (non-hydrogen) atoms. The Balaban J connectivity index is 1.64. The Morgan fingerprint density at radius 3 is 1.82 bits per heavy atom. The maximum atomic E-state index is 15.3. The van der Waals surface area contributed by atoms with Gasteiger partial charge in [0, 0.05) is 30.2 Å². The predicted octanol–water partition coefficient (Wildman–Crippen LogP) is 9.92. The van der Waals surface area contributed by atoms with E-state index in [1.54, 1.807) is 0 Å². The van der Waals surface area contributed by atoms with E-state index in [0.29, 0.717) is 49.9 Å². The van der Waals surface area contributed by atoms with Gasteiger partial charge in [0.25, 0.3) is 11.8 Å². The van der Waals surface area contributed by atoms with Crippen molar-refractivity contribution in [3.05, 3.63) is 135 Å². The van der Waals surface area contributed by atoms with E-state index >= 15 is 4.39 Å². The molecule has 1 saturated carbocycles. The van der Waals surface area contributed by atoms with Gasteiger partial charge in [0.15, 0.2) is 0 Å². The molecule has 0 heterocycles. The number of amides is 2. The lowest BCUT2D eigenvalue weighted by molar-refractivity contribution is -0.253. The molecule has 7 nitrogen and oxygen atoms in total. The van der Waals surface area contributed by atoms with Gasteiger partial charge >= 0.3 is 30.9 Å². The van der Waals surface area contributed by atoms with E-state index in [-0.39, 0.29) is 53.9 Å². The number of aliphatic carboxylic acids is 1. The molecule has 2 amide bonds. The Hall–Kier alpha value is -5.82. The van der Waals surface area contributed by atoms with Crippen molar-refractivity contribution in [2.24, 2.45) is 11.8 Å². The van der Waals surface area contributed by atoms with E-state index < -0.39 is 112 Å². The number of benzene rings is 4. The second-order valence-corrected chi connectivity index (χ2v) is 14.0. The van der Waals surface area contributed by atoms with Crippen LogP contribution in [-0.2, 0) is 29.1 Å².